The summed E-state index contributed by atoms with van der Waals surface area (Å²) in [7, 11) is 4.19. The van der Waals surface area contributed by atoms with Crippen LogP contribution >= 0.6 is 0 Å². The van der Waals surface area contributed by atoms with E-state index < -0.39 is 0 Å². The molecule has 4 heteroatoms. The molecule has 0 aliphatic rings. The van der Waals surface area contributed by atoms with Gasteiger partial charge >= 0.3 is 0 Å². The lowest BCUT2D eigenvalue weighted by atomic mass is 10.0. The Hall–Kier alpha value is -1.68. The highest BCUT2D eigenvalue weighted by atomic mass is 16.1. The van der Waals surface area contributed by atoms with E-state index in [4.69, 9.17) is 4.98 Å². The molecule has 35 heavy (non-hydrogen) atoms. The van der Waals surface area contributed by atoms with E-state index >= 15 is 0 Å². The average Bonchev–Trinajstić information content (AvgIpc) is 2.85. The summed E-state index contributed by atoms with van der Waals surface area (Å²) in [6, 6.07) is 7.79. The Balaban J connectivity index is 1.61. The molecular weight excluding hydrogens is 430 g/mol. The van der Waals surface area contributed by atoms with Crippen molar-refractivity contribution in [1.29, 1.82) is 0 Å². The zero-order valence-corrected chi connectivity index (χ0v) is 23.2. The number of nitrogens with zero attached hydrogens (tertiary/aromatic N) is 3. The van der Waals surface area contributed by atoms with Gasteiger partial charge in [0.15, 0.2) is 0 Å². The second-order valence-corrected chi connectivity index (χ2v) is 10.7. The van der Waals surface area contributed by atoms with E-state index in [9.17, 15) is 4.79 Å². The molecule has 0 radical (unpaired) electrons. The fourth-order valence-corrected chi connectivity index (χ4v) is 5.01. The number of rotatable bonds is 21. The molecule has 0 unspecified atom stereocenters. The predicted octanol–water partition coefficient (Wildman–Crippen LogP) is 8.15. The number of hydrogen-bond donors (Lipinski definition) is 0. The maximum atomic E-state index is 13.2. The molecule has 0 bridgehead atoms. The fourth-order valence-electron chi connectivity index (χ4n) is 5.01. The van der Waals surface area contributed by atoms with Gasteiger partial charge in [-0.05, 0) is 45.6 Å². The van der Waals surface area contributed by atoms with Gasteiger partial charge < -0.3 is 4.90 Å². The molecule has 0 saturated heterocycles. The standard InChI is InChI=1S/C31H53N3O/c1-4-5-6-7-8-9-10-11-12-13-14-15-16-17-18-21-27-34-30(25-22-26-33(2)3)32-29-24-20-19-23-28(29)31(34)35/h19-20,23-24H,4-18,21-22,25-27H2,1-3H3. The van der Waals surface area contributed by atoms with Crippen LogP contribution in [0.15, 0.2) is 29.1 Å². The number of benzene rings is 1. The maximum Gasteiger partial charge on any atom is 0.261 e. The third-order valence-electron chi connectivity index (χ3n) is 7.18. The second-order valence-electron chi connectivity index (χ2n) is 10.7. The van der Waals surface area contributed by atoms with Crippen molar-refractivity contribution in [3.8, 4) is 0 Å². The summed E-state index contributed by atoms with van der Waals surface area (Å²) in [5, 5.41) is 0.750. The minimum atomic E-state index is 0.136. The summed E-state index contributed by atoms with van der Waals surface area (Å²) in [5.74, 6) is 0.955. The van der Waals surface area contributed by atoms with Gasteiger partial charge in [-0.15, -0.1) is 0 Å². The molecular formula is C31H53N3O. The van der Waals surface area contributed by atoms with Crippen LogP contribution < -0.4 is 5.56 Å². The van der Waals surface area contributed by atoms with Crippen LogP contribution in [0.25, 0.3) is 10.9 Å². The average molecular weight is 484 g/mol. The van der Waals surface area contributed by atoms with E-state index in [1.807, 2.05) is 28.8 Å². The van der Waals surface area contributed by atoms with Gasteiger partial charge in [0.25, 0.3) is 5.56 Å². The molecule has 0 spiro atoms. The lowest BCUT2D eigenvalue weighted by molar-refractivity contribution is 0.395. The molecule has 0 aliphatic heterocycles. The lowest BCUT2D eigenvalue weighted by Crippen LogP contribution is -2.26. The molecule has 0 amide bonds. The van der Waals surface area contributed by atoms with Crippen LogP contribution in [0.5, 0.6) is 0 Å². The Bertz CT molecular complexity index is 858. The Morgan fingerprint density at radius 3 is 1.77 bits per heavy atom. The number of para-hydroxylation sites is 1. The van der Waals surface area contributed by atoms with Gasteiger partial charge in [0.05, 0.1) is 10.9 Å². The highest BCUT2D eigenvalue weighted by Crippen LogP contribution is 2.15. The zero-order valence-electron chi connectivity index (χ0n) is 23.2. The minimum Gasteiger partial charge on any atom is -0.309 e. The van der Waals surface area contributed by atoms with E-state index in [1.54, 1.807) is 0 Å². The van der Waals surface area contributed by atoms with Crippen LogP contribution in [-0.2, 0) is 13.0 Å². The van der Waals surface area contributed by atoms with Crippen LogP contribution in [0.2, 0.25) is 0 Å². The van der Waals surface area contributed by atoms with Crippen LogP contribution in [-0.4, -0.2) is 35.1 Å². The van der Waals surface area contributed by atoms with E-state index in [-0.39, 0.29) is 5.56 Å². The van der Waals surface area contributed by atoms with E-state index in [0.29, 0.717) is 0 Å². The SMILES string of the molecule is CCCCCCCCCCCCCCCCCCn1c(CCCN(C)C)nc2ccccc2c1=O. The molecule has 2 rings (SSSR count). The lowest BCUT2D eigenvalue weighted by Gasteiger charge is -2.15. The third kappa shape index (κ3) is 12.2. The highest BCUT2D eigenvalue weighted by molar-refractivity contribution is 5.77. The summed E-state index contributed by atoms with van der Waals surface area (Å²) < 4.78 is 1.96. The van der Waals surface area contributed by atoms with Gasteiger partial charge in [-0.2, -0.15) is 0 Å². The van der Waals surface area contributed by atoms with Crippen LogP contribution in [0.3, 0.4) is 0 Å². The summed E-state index contributed by atoms with van der Waals surface area (Å²) >= 11 is 0. The maximum absolute atomic E-state index is 13.2. The van der Waals surface area contributed by atoms with Crippen LogP contribution in [0, 0.1) is 0 Å². The third-order valence-corrected chi connectivity index (χ3v) is 7.18. The van der Waals surface area contributed by atoms with Crippen LogP contribution in [0.4, 0.5) is 0 Å². The second kappa shape index (κ2) is 18.6. The number of unbranched alkanes of at least 4 members (excludes halogenated alkanes) is 15. The fraction of sp³-hybridized carbons (Fsp3) is 0.742. The first-order valence-corrected chi connectivity index (χ1v) is 14.8. The van der Waals surface area contributed by atoms with Gasteiger partial charge in [-0.25, -0.2) is 4.98 Å². The summed E-state index contributed by atoms with van der Waals surface area (Å²) in [5.41, 5.74) is 0.969. The zero-order chi connectivity index (χ0) is 25.1. The van der Waals surface area contributed by atoms with Crippen LogP contribution in [0.1, 0.15) is 122 Å². The van der Waals surface area contributed by atoms with Gasteiger partial charge in [-0.3, -0.25) is 9.36 Å². The molecule has 0 N–H and O–H groups in total. The molecule has 198 valence electrons. The first kappa shape index (κ1) is 29.5. The molecule has 2 aromatic rings. The van der Waals surface area contributed by atoms with Crippen molar-refractivity contribution in [3.05, 3.63) is 40.4 Å². The van der Waals surface area contributed by atoms with Gasteiger partial charge in [0, 0.05) is 13.0 Å². The summed E-state index contributed by atoms with van der Waals surface area (Å²) in [6.07, 6.45) is 23.7. The first-order chi connectivity index (χ1) is 17.1. The van der Waals surface area contributed by atoms with Crippen molar-refractivity contribution >= 4 is 10.9 Å². The quantitative estimate of drug-likeness (QED) is 0.168. The number of hydrogen-bond acceptors (Lipinski definition) is 3. The predicted molar refractivity (Wildman–Crippen MR) is 152 cm³/mol. The van der Waals surface area contributed by atoms with Crippen molar-refractivity contribution in [2.45, 2.75) is 129 Å². The Morgan fingerprint density at radius 2 is 1.23 bits per heavy atom. The Morgan fingerprint density at radius 1 is 0.714 bits per heavy atom. The number of aromatic nitrogens is 2. The molecule has 1 aromatic carbocycles. The largest absolute Gasteiger partial charge is 0.309 e. The van der Waals surface area contributed by atoms with Gasteiger partial charge in [0.1, 0.15) is 5.82 Å². The Kier molecular flexibility index (Phi) is 15.7. The van der Waals surface area contributed by atoms with E-state index in [1.165, 1.54) is 96.3 Å². The summed E-state index contributed by atoms with van der Waals surface area (Å²) in [6.45, 7) is 4.10. The molecule has 1 aromatic heterocycles. The summed E-state index contributed by atoms with van der Waals surface area (Å²) in [4.78, 5) is 20.2. The smallest absolute Gasteiger partial charge is 0.261 e. The van der Waals surface area contributed by atoms with Crippen molar-refractivity contribution in [3.63, 3.8) is 0 Å². The van der Waals surface area contributed by atoms with Gasteiger partial charge in [-0.1, -0.05) is 115 Å². The molecule has 0 aliphatic carbocycles. The molecule has 0 atom stereocenters. The van der Waals surface area contributed by atoms with E-state index in [2.05, 4.69) is 25.9 Å². The Labute approximate surface area is 215 Å². The van der Waals surface area contributed by atoms with E-state index in [0.717, 1.165) is 49.1 Å². The molecule has 0 saturated carbocycles. The number of aryl methyl sites for hydroxylation is 1. The first-order valence-electron chi connectivity index (χ1n) is 14.8. The van der Waals surface area contributed by atoms with Gasteiger partial charge in [0.2, 0.25) is 0 Å². The molecule has 0 fully saturated rings. The van der Waals surface area contributed by atoms with Crippen molar-refractivity contribution in [2.24, 2.45) is 0 Å². The number of fused-ring (bicyclic) bond motifs is 1. The van der Waals surface area contributed by atoms with Crippen molar-refractivity contribution in [1.82, 2.24) is 14.5 Å². The van der Waals surface area contributed by atoms with Crippen molar-refractivity contribution < 1.29 is 0 Å². The topological polar surface area (TPSA) is 38.1 Å². The highest BCUT2D eigenvalue weighted by Gasteiger charge is 2.10. The van der Waals surface area contributed by atoms with Crippen molar-refractivity contribution in [2.75, 3.05) is 20.6 Å². The minimum absolute atomic E-state index is 0.136. The monoisotopic (exact) mass is 483 g/mol. The molecule has 4 nitrogen and oxygen atoms in total. The normalized spacial score (nSPS) is 11.7. The molecule has 1 heterocycles.